The predicted molar refractivity (Wildman–Crippen MR) is 119 cm³/mol. The third-order valence-corrected chi connectivity index (χ3v) is 6.56. The molecule has 1 saturated carbocycles. The van der Waals surface area contributed by atoms with Crippen LogP contribution in [0.1, 0.15) is 30.5 Å². The summed E-state index contributed by atoms with van der Waals surface area (Å²) in [5.74, 6) is 0.269. The Balaban J connectivity index is 1.39. The van der Waals surface area contributed by atoms with Gasteiger partial charge in [0.1, 0.15) is 0 Å². The van der Waals surface area contributed by atoms with Crippen LogP contribution in [0, 0.1) is 0 Å². The van der Waals surface area contributed by atoms with E-state index >= 15 is 0 Å². The lowest BCUT2D eigenvalue weighted by atomic mass is 10.1. The minimum absolute atomic E-state index is 0.0535. The summed E-state index contributed by atoms with van der Waals surface area (Å²) in [5.41, 5.74) is 3.05. The molecular formula is C25H23N3O2. The summed E-state index contributed by atoms with van der Waals surface area (Å²) in [6.07, 6.45) is 3.29. The molecule has 2 fully saturated rings. The SMILES string of the molecule is O=c1c2c(N3CC[C@@H](O)C3)cccc2ccn1C1CC1c1ccc2ccccc2n1. The van der Waals surface area contributed by atoms with Crippen LogP contribution in [0.15, 0.2) is 71.7 Å². The van der Waals surface area contributed by atoms with E-state index in [2.05, 4.69) is 23.1 Å². The van der Waals surface area contributed by atoms with E-state index < -0.39 is 0 Å². The van der Waals surface area contributed by atoms with Crippen molar-refractivity contribution in [1.29, 1.82) is 0 Å². The first kappa shape index (κ1) is 17.7. The van der Waals surface area contributed by atoms with Gasteiger partial charge in [0, 0.05) is 42.3 Å². The van der Waals surface area contributed by atoms with E-state index in [4.69, 9.17) is 4.98 Å². The summed E-state index contributed by atoms with van der Waals surface area (Å²) in [7, 11) is 0. The van der Waals surface area contributed by atoms with Crippen LogP contribution in [0.3, 0.4) is 0 Å². The largest absolute Gasteiger partial charge is 0.391 e. The Morgan fingerprint density at radius 3 is 2.70 bits per heavy atom. The van der Waals surface area contributed by atoms with Crippen LogP contribution in [-0.2, 0) is 0 Å². The van der Waals surface area contributed by atoms with Gasteiger partial charge in [0.15, 0.2) is 0 Å². The summed E-state index contributed by atoms with van der Waals surface area (Å²) < 4.78 is 1.89. The third-order valence-electron chi connectivity index (χ3n) is 6.56. The molecule has 0 amide bonds. The first-order valence-electron chi connectivity index (χ1n) is 10.6. The van der Waals surface area contributed by atoms with Crippen LogP contribution in [0.25, 0.3) is 21.7 Å². The molecule has 4 aromatic rings. The molecule has 1 aliphatic carbocycles. The fourth-order valence-electron chi connectivity index (χ4n) is 4.87. The van der Waals surface area contributed by atoms with E-state index in [-0.39, 0.29) is 23.6 Å². The van der Waals surface area contributed by atoms with Crippen molar-refractivity contribution in [3.8, 4) is 0 Å². The molecule has 3 atom stereocenters. The zero-order valence-electron chi connectivity index (χ0n) is 16.6. The Hall–Kier alpha value is -3.18. The number of aliphatic hydroxyl groups excluding tert-OH is 1. The molecule has 150 valence electrons. The van der Waals surface area contributed by atoms with E-state index in [1.165, 1.54) is 0 Å². The maximum atomic E-state index is 13.5. The zero-order valence-corrected chi connectivity index (χ0v) is 16.6. The summed E-state index contributed by atoms with van der Waals surface area (Å²) >= 11 is 0. The van der Waals surface area contributed by atoms with Crippen molar-refractivity contribution in [3.63, 3.8) is 0 Å². The molecular weight excluding hydrogens is 374 g/mol. The first-order chi connectivity index (χ1) is 14.7. The van der Waals surface area contributed by atoms with E-state index in [1.807, 2.05) is 53.2 Å². The Bertz CT molecular complexity index is 1330. The van der Waals surface area contributed by atoms with Crippen LogP contribution < -0.4 is 10.5 Å². The predicted octanol–water partition coefficient (Wildman–Crippen LogP) is 3.85. The van der Waals surface area contributed by atoms with Gasteiger partial charge < -0.3 is 14.6 Å². The van der Waals surface area contributed by atoms with Crippen molar-refractivity contribution in [3.05, 3.63) is 82.9 Å². The fraction of sp³-hybridized carbons (Fsp3) is 0.280. The Morgan fingerprint density at radius 1 is 0.967 bits per heavy atom. The number of hydrogen-bond acceptors (Lipinski definition) is 4. The molecule has 2 aliphatic rings. The second-order valence-electron chi connectivity index (χ2n) is 8.50. The molecule has 1 aliphatic heterocycles. The van der Waals surface area contributed by atoms with Crippen molar-refractivity contribution < 1.29 is 5.11 Å². The molecule has 6 rings (SSSR count). The second kappa shape index (κ2) is 6.67. The van der Waals surface area contributed by atoms with E-state index in [0.717, 1.165) is 52.4 Å². The van der Waals surface area contributed by atoms with Gasteiger partial charge in [0.05, 0.1) is 22.7 Å². The average Bonchev–Trinajstić information content (AvgIpc) is 3.45. The van der Waals surface area contributed by atoms with Crippen LogP contribution >= 0.6 is 0 Å². The quantitative estimate of drug-likeness (QED) is 0.571. The topological polar surface area (TPSA) is 58.4 Å². The van der Waals surface area contributed by atoms with Gasteiger partial charge in [-0.05, 0) is 42.5 Å². The van der Waals surface area contributed by atoms with Crippen molar-refractivity contribution in [2.45, 2.75) is 30.9 Å². The third kappa shape index (κ3) is 2.81. The van der Waals surface area contributed by atoms with Crippen LogP contribution in [0.2, 0.25) is 0 Å². The molecule has 5 heteroatoms. The smallest absolute Gasteiger partial charge is 0.260 e. The van der Waals surface area contributed by atoms with Gasteiger partial charge in [0.25, 0.3) is 5.56 Å². The highest BCUT2D eigenvalue weighted by molar-refractivity contribution is 5.93. The van der Waals surface area contributed by atoms with Gasteiger partial charge in [-0.25, -0.2) is 0 Å². The number of para-hydroxylation sites is 1. The molecule has 2 aromatic heterocycles. The number of pyridine rings is 2. The number of anilines is 1. The highest BCUT2D eigenvalue weighted by atomic mass is 16.3. The number of fused-ring (bicyclic) bond motifs is 2. The van der Waals surface area contributed by atoms with Gasteiger partial charge in [0.2, 0.25) is 0 Å². The lowest BCUT2D eigenvalue weighted by Crippen LogP contribution is -2.25. The number of rotatable bonds is 3. The van der Waals surface area contributed by atoms with Gasteiger partial charge in [-0.15, -0.1) is 0 Å². The van der Waals surface area contributed by atoms with E-state index in [1.54, 1.807) is 0 Å². The van der Waals surface area contributed by atoms with Gasteiger partial charge in [-0.3, -0.25) is 9.78 Å². The van der Waals surface area contributed by atoms with E-state index in [0.29, 0.717) is 6.54 Å². The average molecular weight is 397 g/mol. The molecule has 3 heterocycles. The van der Waals surface area contributed by atoms with Crippen molar-refractivity contribution in [1.82, 2.24) is 9.55 Å². The zero-order chi connectivity index (χ0) is 20.2. The minimum atomic E-state index is -0.321. The number of benzene rings is 2. The lowest BCUT2D eigenvalue weighted by Gasteiger charge is -2.20. The van der Waals surface area contributed by atoms with Gasteiger partial charge in [-0.1, -0.05) is 36.4 Å². The van der Waals surface area contributed by atoms with E-state index in [9.17, 15) is 9.90 Å². The maximum absolute atomic E-state index is 13.5. The number of hydrogen-bond donors (Lipinski definition) is 1. The highest BCUT2D eigenvalue weighted by Gasteiger charge is 2.42. The Morgan fingerprint density at radius 2 is 1.83 bits per heavy atom. The molecule has 1 N–H and O–H groups in total. The first-order valence-corrected chi connectivity index (χ1v) is 10.6. The minimum Gasteiger partial charge on any atom is -0.391 e. The van der Waals surface area contributed by atoms with Crippen molar-refractivity contribution >= 4 is 27.4 Å². The Labute approximate surface area is 174 Å². The fourth-order valence-corrected chi connectivity index (χ4v) is 4.87. The maximum Gasteiger partial charge on any atom is 0.260 e. The number of nitrogens with zero attached hydrogens (tertiary/aromatic N) is 3. The normalized spacial score (nSPS) is 23.4. The van der Waals surface area contributed by atoms with Crippen LogP contribution in [0.4, 0.5) is 5.69 Å². The summed E-state index contributed by atoms with van der Waals surface area (Å²) in [5, 5.41) is 12.8. The second-order valence-corrected chi connectivity index (χ2v) is 8.50. The standard InChI is InChI=1S/C25H23N3O2/c29-18-11-12-27(15-18)22-7-3-5-17-10-13-28(25(30)24(17)22)23-14-19(23)21-9-8-16-4-1-2-6-20(16)26-21/h1-10,13,18-19,23,29H,11-12,14-15H2/t18-,19?,23?/m1/s1. The monoisotopic (exact) mass is 397 g/mol. The highest BCUT2D eigenvalue weighted by Crippen LogP contribution is 2.50. The van der Waals surface area contributed by atoms with Gasteiger partial charge in [-0.2, -0.15) is 0 Å². The summed E-state index contributed by atoms with van der Waals surface area (Å²) in [6.45, 7) is 1.36. The molecule has 5 nitrogen and oxygen atoms in total. The molecule has 0 spiro atoms. The number of β-amino-alcohol motifs (C(OH)–C–C–N with tert-alkyl or cyclic N) is 1. The van der Waals surface area contributed by atoms with Crippen molar-refractivity contribution in [2.75, 3.05) is 18.0 Å². The molecule has 2 unspecified atom stereocenters. The Kier molecular flexibility index (Phi) is 3.93. The molecule has 0 radical (unpaired) electrons. The number of aliphatic hydroxyl groups is 1. The van der Waals surface area contributed by atoms with Crippen molar-refractivity contribution in [2.24, 2.45) is 0 Å². The lowest BCUT2D eigenvalue weighted by molar-refractivity contribution is 0.198. The van der Waals surface area contributed by atoms with Crippen LogP contribution in [0.5, 0.6) is 0 Å². The number of aromatic nitrogens is 2. The van der Waals surface area contributed by atoms with Gasteiger partial charge >= 0.3 is 0 Å². The van der Waals surface area contributed by atoms with Crippen LogP contribution in [-0.4, -0.2) is 33.9 Å². The summed E-state index contributed by atoms with van der Waals surface area (Å²) in [4.78, 5) is 20.5. The molecule has 30 heavy (non-hydrogen) atoms. The molecule has 1 saturated heterocycles. The molecule has 0 bridgehead atoms. The summed E-state index contributed by atoms with van der Waals surface area (Å²) in [6, 6.07) is 20.5. The molecule has 2 aromatic carbocycles.